The van der Waals surface area contributed by atoms with Crippen LogP contribution in [0.2, 0.25) is 0 Å². The average Bonchev–Trinajstić information content (AvgIpc) is 3.35. The molecule has 0 aromatic heterocycles. The van der Waals surface area contributed by atoms with Crippen LogP contribution in [0.3, 0.4) is 0 Å². The van der Waals surface area contributed by atoms with Gasteiger partial charge in [-0.15, -0.1) is 0 Å². The molecule has 0 heterocycles. The molecule has 0 bridgehead atoms. The average molecular weight is 314 g/mol. The Bertz CT molecular complexity index is 558. The van der Waals surface area contributed by atoms with E-state index in [1.54, 1.807) is 6.07 Å². The SMILES string of the molecule is O=C(NC1CCCCCCC1)c1cccc(NC(=O)C2CC2)c1. The van der Waals surface area contributed by atoms with Crippen LogP contribution in [0.4, 0.5) is 5.69 Å². The van der Waals surface area contributed by atoms with Crippen molar-refractivity contribution in [2.75, 3.05) is 5.32 Å². The van der Waals surface area contributed by atoms with Crippen molar-refractivity contribution in [2.45, 2.75) is 63.8 Å². The van der Waals surface area contributed by atoms with Crippen molar-refractivity contribution >= 4 is 17.5 Å². The van der Waals surface area contributed by atoms with Crippen LogP contribution in [0.5, 0.6) is 0 Å². The highest BCUT2D eigenvalue weighted by Gasteiger charge is 2.29. The minimum absolute atomic E-state index is 0.0295. The summed E-state index contributed by atoms with van der Waals surface area (Å²) in [6.45, 7) is 0. The second kappa shape index (κ2) is 7.62. The van der Waals surface area contributed by atoms with E-state index >= 15 is 0 Å². The zero-order valence-corrected chi connectivity index (χ0v) is 13.6. The van der Waals surface area contributed by atoms with Crippen molar-refractivity contribution in [1.29, 1.82) is 0 Å². The van der Waals surface area contributed by atoms with Gasteiger partial charge in [0.05, 0.1) is 0 Å². The van der Waals surface area contributed by atoms with Crippen molar-refractivity contribution in [2.24, 2.45) is 5.92 Å². The minimum atomic E-state index is -0.0295. The van der Waals surface area contributed by atoms with Gasteiger partial charge in [-0.1, -0.05) is 38.2 Å². The first-order valence-electron chi connectivity index (χ1n) is 8.94. The third-order valence-electron chi connectivity index (χ3n) is 4.78. The highest BCUT2D eigenvalue weighted by atomic mass is 16.2. The molecule has 2 N–H and O–H groups in total. The predicted molar refractivity (Wildman–Crippen MR) is 91.4 cm³/mol. The summed E-state index contributed by atoms with van der Waals surface area (Å²) in [6, 6.07) is 7.54. The largest absolute Gasteiger partial charge is 0.349 e. The fourth-order valence-electron chi connectivity index (χ4n) is 3.20. The van der Waals surface area contributed by atoms with Crippen LogP contribution in [-0.2, 0) is 4.79 Å². The van der Waals surface area contributed by atoms with Gasteiger partial charge < -0.3 is 10.6 Å². The Morgan fingerprint density at radius 1 is 0.913 bits per heavy atom. The summed E-state index contributed by atoms with van der Waals surface area (Å²) in [5.74, 6) is 0.211. The molecular weight excluding hydrogens is 288 g/mol. The summed E-state index contributed by atoms with van der Waals surface area (Å²) in [4.78, 5) is 24.3. The molecule has 2 saturated carbocycles. The highest BCUT2D eigenvalue weighted by Crippen LogP contribution is 2.30. The van der Waals surface area contributed by atoms with E-state index in [9.17, 15) is 9.59 Å². The first-order chi connectivity index (χ1) is 11.2. The zero-order valence-electron chi connectivity index (χ0n) is 13.6. The van der Waals surface area contributed by atoms with Crippen molar-refractivity contribution in [3.63, 3.8) is 0 Å². The summed E-state index contributed by atoms with van der Waals surface area (Å²) in [5, 5.41) is 6.07. The molecule has 1 aromatic rings. The summed E-state index contributed by atoms with van der Waals surface area (Å²) >= 11 is 0. The lowest BCUT2D eigenvalue weighted by molar-refractivity contribution is -0.117. The van der Waals surface area contributed by atoms with Gasteiger partial charge in [-0.3, -0.25) is 9.59 Å². The van der Waals surface area contributed by atoms with Crippen LogP contribution in [-0.4, -0.2) is 17.9 Å². The number of nitrogens with one attached hydrogen (secondary N) is 2. The van der Waals surface area contributed by atoms with Gasteiger partial charge in [0.25, 0.3) is 5.91 Å². The Morgan fingerprint density at radius 2 is 1.61 bits per heavy atom. The van der Waals surface area contributed by atoms with Crippen LogP contribution in [0, 0.1) is 5.92 Å². The molecule has 0 radical (unpaired) electrons. The first kappa shape index (κ1) is 16.0. The van der Waals surface area contributed by atoms with Crippen molar-refractivity contribution < 1.29 is 9.59 Å². The molecule has 0 saturated heterocycles. The molecular formula is C19H26N2O2. The van der Waals surface area contributed by atoms with E-state index in [0.717, 1.165) is 25.7 Å². The fraction of sp³-hybridized carbons (Fsp3) is 0.579. The number of amides is 2. The second-order valence-electron chi connectivity index (χ2n) is 6.86. The van der Waals surface area contributed by atoms with Gasteiger partial charge in [0, 0.05) is 23.2 Å². The van der Waals surface area contributed by atoms with Gasteiger partial charge in [-0.25, -0.2) is 0 Å². The van der Waals surface area contributed by atoms with E-state index < -0.39 is 0 Å². The van der Waals surface area contributed by atoms with Crippen LogP contribution in [0.25, 0.3) is 0 Å². The van der Waals surface area contributed by atoms with Gasteiger partial charge in [-0.2, -0.15) is 0 Å². The number of anilines is 1. The maximum absolute atomic E-state index is 12.5. The molecule has 0 aliphatic heterocycles. The Kier molecular flexibility index (Phi) is 5.31. The molecule has 0 spiro atoms. The number of rotatable bonds is 4. The van der Waals surface area contributed by atoms with E-state index in [4.69, 9.17) is 0 Å². The fourth-order valence-corrected chi connectivity index (χ4v) is 3.20. The highest BCUT2D eigenvalue weighted by molar-refractivity contribution is 5.98. The van der Waals surface area contributed by atoms with E-state index in [2.05, 4.69) is 10.6 Å². The molecule has 0 atom stereocenters. The lowest BCUT2D eigenvalue weighted by Crippen LogP contribution is -2.35. The number of hydrogen-bond acceptors (Lipinski definition) is 2. The molecule has 1 aromatic carbocycles. The van der Waals surface area contributed by atoms with Crippen LogP contribution >= 0.6 is 0 Å². The standard InChI is InChI=1S/C19H26N2O2/c22-18(14-11-12-14)21-17-10-6-7-15(13-17)19(23)20-16-8-4-2-1-3-5-9-16/h6-7,10,13-14,16H,1-5,8-9,11-12H2,(H,20,23)(H,21,22). The normalized spacial score (nSPS) is 19.5. The van der Waals surface area contributed by atoms with Crippen LogP contribution in [0.1, 0.15) is 68.1 Å². The summed E-state index contributed by atoms with van der Waals surface area (Å²) in [6.07, 6.45) is 10.4. The quantitative estimate of drug-likeness (QED) is 0.886. The Morgan fingerprint density at radius 3 is 2.30 bits per heavy atom. The molecule has 2 fully saturated rings. The van der Waals surface area contributed by atoms with Gasteiger partial charge in [0.15, 0.2) is 0 Å². The van der Waals surface area contributed by atoms with E-state index in [0.29, 0.717) is 11.3 Å². The first-order valence-corrected chi connectivity index (χ1v) is 8.94. The maximum atomic E-state index is 12.5. The van der Waals surface area contributed by atoms with E-state index in [1.807, 2.05) is 18.2 Å². The minimum Gasteiger partial charge on any atom is -0.349 e. The smallest absolute Gasteiger partial charge is 0.251 e. The van der Waals surface area contributed by atoms with E-state index in [-0.39, 0.29) is 23.8 Å². The number of carbonyl (C=O) groups is 2. The van der Waals surface area contributed by atoms with Gasteiger partial charge >= 0.3 is 0 Å². The third-order valence-corrected chi connectivity index (χ3v) is 4.78. The maximum Gasteiger partial charge on any atom is 0.251 e. The number of carbonyl (C=O) groups excluding carboxylic acids is 2. The molecule has 124 valence electrons. The van der Waals surface area contributed by atoms with E-state index in [1.165, 1.54) is 32.1 Å². The van der Waals surface area contributed by atoms with Crippen molar-refractivity contribution in [3.05, 3.63) is 29.8 Å². The molecule has 2 amide bonds. The zero-order chi connectivity index (χ0) is 16.1. The van der Waals surface area contributed by atoms with Crippen molar-refractivity contribution in [3.8, 4) is 0 Å². The lowest BCUT2D eigenvalue weighted by atomic mass is 9.96. The van der Waals surface area contributed by atoms with Gasteiger partial charge in [-0.05, 0) is 43.9 Å². The molecule has 4 heteroatoms. The predicted octanol–water partition coefficient (Wildman–Crippen LogP) is 3.88. The third kappa shape index (κ3) is 4.81. The molecule has 0 unspecified atom stereocenters. The molecule has 23 heavy (non-hydrogen) atoms. The van der Waals surface area contributed by atoms with Crippen LogP contribution in [0.15, 0.2) is 24.3 Å². The molecule has 3 rings (SSSR count). The van der Waals surface area contributed by atoms with Crippen molar-refractivity contribution in [1.82, 2.24) is 5.32 Å². The molecule has 4 nitrogen and oxygen atoms in total. The summed E-state index contributed by atoms with van der Waals surface area (Å²) < 4.78 is 0. The Labute approximate surface area is 138 Å². The number of benzene rings is 1. The number of hydrogen-bond donors (Lipinski definition) is 2. The topological polar surface area (TPSA) is 58.2 Å². The molecule has 2 aliphatic rings. The molecule has 2 aliphatic carbocycles. The Hall–Kier alpha value is -1.84. The summed E-state index contributed by atoms with van der Waals surface area (Å²) in [5.41, 5.74) is 1.34. The monoisotopic (exact) mass is 314 g/mol. The van der Waals surface area contributed by atoms with Gasteiger partial charge in [0.2, 0.25) is 5.91 Å². The lowest BCUT2D eigenvalue weighted by Gasteiger charge is -2.21. The van der Waals surface area contributed by atoms with Gasteiger partial charge in [0.1, 0.15) is 0 Å². The second-order valence-corrected chi connectivity index (χ2v) is 6.86. The summed E-state index contributed by atoms with van der Waals surface area (Å²) in [7, 11) is 0. The van der Waals surface area contributed by atoms with Crippen LogP contribution < -0.4 is 10.6 Å². The Balaban J connectivity index is 1.58.